The van der Waals surface area contributed by atoms with Crippen LogP contribution in [-0.4, -0.2) is 25.2 Å². The zero-order valence-electron chi connectivity index (χ0n) is 29.2. The monoisotopic (exact) mass is 618 g/mol. The second-order valence-electron chi connectivity index (χ2n) is 15.9. The molecule has 248 valence electrons. The number of esters is 2. The normalized spacial score (nSPS) is 33.9. The van der Waals surface area contributed by atoms with Crippen LogP contribution < -0.4 is 9.47 Å². The van der Waals surface area contributed by atoms with Gasteiger partial charge in [0.05, 0.1) is 7.11 Å². The van der Waals surface area contributed by atoms with Crippen molar-refractivity contribution >= 4 is 18.0 Å². The topological polar surface area (TPSA) is 61.8 Å². The smallest absolute Gasteiger partial charge is 0.331 e. The van der Waals surface area contributed by atoms with E-state index < -0.39 is 5.97 Å². The van der Waals surface area contributed by atoms with Crippen molar-refractivity contribution in [1.82, 2.24) is 0 Å². The van der Waals surface area contributed by atoms with Crippen molar-refractivity contribution < 1.29 is 23.8 Å². The van der Waals surface area contributed by atoms with Crippen LogP contribution in [0, 0.1) is 52.3 Å². The molecule has 1 aromatic rings. The quantitative estimate of drug-likeness (QED) is 0.113. The number of carbonyl (C=O) groups excluding carboxylic acids is 2. The molecule has 0 spiro atoms. The maximum atomic E-state index is 12.9. The third kappa shape index (κ3) is 6.93. The molecule has 3 fully saturated rings. The first kappa shape index (κ1) is 33.8. The summed E-state index contributed by atoms with van der Waals surface area (Å²) in [4.78, 5) is 24.2. The fourth-order valence-electron chi connectivity index (χ4n) is 10.2. The van der Waals surface area contributed by atoms with Crippen molar-refractivity contribution in [3.63, 3.8) is 0 Å². The second kappa shape index (κ2) is 13.7. The Morgan fingerprint density at radius 3 is 2.47 bits per heavy atom. The Labute approximate surface area is 272 Å². The van der Waals surface area contributed by atoms with Gasteiger partial charge in [0.2, 0.25) is 0 Å². The molecule has 0 unspecified atom stereocenters. The summed E-state index contributed by atoms with van der Waals surface area (Å²) in [6.07, 6.45) is 18.1. The number of carbonyl (C=O) groups is 2. The lowest BCUT2D eigenvalue weighted by Gasteiger charge is -2.58. The van der Waals surface area contributed by atoms with Gasteiger partial charge in [-0.25, -0.2) is 4.79 Å². The molecule has 5 heteroatoms. The van der Waals surface area contributed by atoms with E-state index in [0.29, 0.717) is 16.9 Å². The van der Waals surface area contributed by atoms with E-state index in [0.717, 1.165) is 66.3 Å². The summed E-state index contributed by atoms with van der Waals surface area (Å²) in [6.45, 7) is 16.3. The lowest BCUT2D eigenvalue weighted by Crippen LogP contribution is -2.51. The number of fused-ring (bicyclic) bond motifs is 5. The Balaban J connectivity index is 1.19. The van der Waals surface area contributed by atoms with Crippen LogP contribution in [0.4, 0.5) is 0 Å². The number of allylic oxidation sites excluding steroid dienone is 1. The predicted molar refractivity (Wildman–Crippen MR) is 181 cm³/mol. The second-order valence-corrected chi connectivity index (χ2v) is 15.9. The summed E-state index contributed by atoms with van der Waals surface area (Å²) in [5, 5.41) is 0. The van der Waals surface area contributed by atoms with E-state index in [1.165, 1.54) is 70.6 Å². The molecule has 0 amide bonds. The highest BCUT2D eigenvalue weighted by Gasteiger charge is 2.59. The summed E-state index contributed by atoms with van der Waals surface area (Å²) < 4.78 is 16.5. The van der Waals surface area contributed by atoms with Crippen molar-refractivity contribution in [2.45, 2.75) is 119 Å². The lowest BCUT2D eigenvalue weighted by atomic mass is 9.47. The average molecular weight is 619 g/mol. The minimum absolute atomic E-state index is 0.0716. The van der Waals surface area contributed by atoms with Gasteiger partial charge in [-0.2, -0.15) is 0 Å². The third-order valence-corrected chi connectivity index (χ3v) is 13.2. The first-order chi connectivity index (χ1) is 21.4. The zero-order chi connectivity index (χ0) is 32.5. The van der Waals surface area contributed by atoms with E-state index in [-0.39, 0.29) is 17.5 Å². The van der Waals surface area contributed by atoms with Crippen LogP contribution in [0.1, 0.15) is 118 Å². The molecule has 1 aromatic carbocycles. The van der Waals surface area contributed by atoms with Gasteiger partial charge in [-0.05, 0) is 121 Å². The number of methoxy groups -OCH3 is 1. The first-order valence-electron chi connectivity index (χ1n) is 17.8. The van der Waals surface area contributed by atoms with Crippen molar-refractivity contribution in [1.29, 1.82) is 0 Å². The summed E-state index contributed by atoms with van der Waals surface area (Å²) in [7, 11) is 1.52. The zero-order valence-corrected chi connectivity index (χ0v) is 29.2. The van der Waals surface area contributed by atoms with Gasteiger partial charge in [-0.1, -0.05) is 72.1 Å². The molecular formula is C40H58O5. The standard InChI is InChI=1S/C40H58O5/c1-25(2)26(3)9-10-27(4)33-15-16-34-32-14-13-30-24-31(19-21-39(30,6)35(32)20-22-40(33,34)7)45-38(42)18-12-29-11-17-36(44-28(5)41)37(23-29)43-8/h11-13,17-18,23,25-27,31-35H,9-10,14-16,19-22,24H2,1-8H3/b18-12+/t26-,27-,31+,32+,33-,34+,35+,39+,40-/m1/s1. The summed E-state index contributed by atoms with van der Waals surface area (Å²) >= 11 is 0. The Bertz CT molecular complexity index is 1290. The molecule has 4 aliphatic carbocycles. The van der Waals surface area contributed by atoms with Crippen molar-refractivity contribution in [3.8, 4) is 11.5 Å². The van der Waals surface area contributed by atoms with Gasteiger partial charge in [-0.3, -0.25) is 4.79 Å². The van der Waals surface area contributed by atoms with Crippen LogP contribution in [-0.2, 0) is 14.3 Å². The predicted octanol–water partition coefficient (Wildman–Crippen LogP) is 9.83. The summed E-state index contributed by atoms with van der Waals surface area (Å²) in [5.41, 5.74) is 3.04. The molecule has 45 heavy (non-hydrogen) atoms. The third-order valence-electron chi connectivity index (χ3n) is 13.2. The van der Waals surface area contributed by atoms with Gasteiger partial charge < -0.3 is 14.2 Å². The minimum atomic E-state index is -0.409. The van der Waals surface area contributed by atoms with Gasteiger partial charge in [0.1, 0.15) is 6.10 Å². The number of hydrogen-bond acceptors (Lipinski definition) is 5. The molecule has 0 aromatic heterocycles. The lowest BCUT2D eigenvalue weighted by molar-refractivity contribution is -0.145. The van der Waals surface area contributed by atoms with Gasteiger partial charge in [0.25, 0.3) is 0 Å². The average Bonchev–Trinajstić information content (AvgIpc) is 3.36. The first-order valence-corrected chi connectivity index (χ1v) is 17.8. The van der Waals surface area contributed by atoms with Crippen molar-refractivity contribution in [2.24, 2.45) is 52.3 Å². The number of ether oxygens (including phenoxy) is 3. The minimum Gasteiger partial charge on any atom is -0.493 e. The molecule has 3 saturated carbocycles. The molecular weight excluding hydrogens is 560 g/mol. The molecule has 0 heterocycles. The molecule has 0 N–H and O–H groups in total. The largest absolute Gasteiger partial charge is 0.493 e. The maximum absolute atomic E-state index is 12.9. The van der Waals surface area contributed by atoms with E-state index in [2.05, 4.69) is 47.6 Å². The van der Waals surface area contributed by atoms with Crippen LogP contribution in [0.3, 0.4) is 0 Å². The van der Waals surface area contributed by atoms with Crippen LogP contribution in [0.25, 0.3) is 6.08 Å². The highest BCUT2D eigenvalue weighted by Crippen LogP contribution is 2.67. The number of hydrogen-bond donors (Lipinski definition) is 0. The van der Waals surface area contributed by atoms with Gasteiger partial charge in [0, 0.05) is 19.4 Å². The SMILES string of the molecule is COc1cc(/C=C/C(=O)O[C@H]2CC[C@@]3(C)C(=CC[C@H]4[C@@H]5CC[C@H]([C@H](C)CC[C@@H](C)C(C)C)[C@@]5(C)CC[C@@H]43)C2)ccc1OC(C)=O. The number of rotatable bonds is 10. The Hall–Kier alpha value is -2.56. The highest BCUT2D eigenvalue weighted by atomic mass is 16.6. The van der Waals surface area contributed by atoms with Crippen molar-refractivity contribution in [2.75, 3.05) is 7.11 Å². The molecule has 0 saturated heterocycles. The van der Waals surface area contributed by atoms with Gasteiger partial charge in [-0.15, -0.1) is 0 Å². The van der Waals surface area contributed by atoms with E-state index in [1.807, 2.05) is 0 Å². The van der Waals surface area contributed by atoms with Crippen LogP contribution in [0.5, 0.6) is 11.5 Å². The van der Waals surface area contributed by atoms with E-state index in [9.17, 15) is 9.59 Å². The fourth-order valence-corrected chi connectivity index (χ4v) is 10.2. The van der Waals surface area contributed by atoms with E-state index in [1.54, 1.807) is 24.3 Å². The molecule has 0 aliphatic heterocycles. The molecule has 0 radical (unpaired) electrons. The van der Waals surface area contributed by atoms with Crippen LogP contribution >= 0.6 is 0 Å². The summed E-state index contributed by atoms with van der Waals surface area (Å²) in [5.74, 6) is 5.77. The Morgan fingerprint density at radius 1 is 0.978 bits per heavy atom. The Kier molecular flexibility index (Phi) is 10.3. The molecule has 9 atom stereocenters. The molecule has 0 bridgehead atoms. The maximum Gasteiger partial charge on any atom is 0.331 e. The van der Waals surface area contributed by atoms with Crippen LogP contribution in [0.2, 0.25) is 0 Å². The summed E-state index contributed by atoms with van der Waals surface area (Å²) in [6, 6.07) is 5.20. The molecule has 5 rings (SSSR count). The van der Waals surface area contributed by atoms with Gasteiger partial charge >= 0.3 is 11.9 Å². The fraction of sp³-hybridized carbons (Fsp3) is 0.700. The molecule has 4 aliphatic rings. The van der Waals surface area contributed by atoms with E-state index >= 15 is 0 Å². The highest BCUT2D eigenvalue weighted by molar-refractivity contribution is 5.87. The van der Waals surface area contributed by atoms with Crippen LogP contribution in [0.15, 0.2) is 35.9 Å². The van der Waals surface area contributed by atoms with Crippen molar-refractivity contribution in [3.05, 3.63) is 41.5 Å². The number of benzene rings is 1. The Morgan fingerprint density at radius 2 is 1.76 bits per heavy atom. The van der Waals surface area contributed by atoms with E-state index in [4.69, 9.17) is 14.2 Å². The van der Waals surface area contributed by atoms with Gasteiger partial charge in [0.15, 0.2) is 11.5 Å². The molecule has 5 nitrogen and oxygen atoms in total.